The molecule has 1 atom stereocenters. The van der Waals surface area contributed by atoms with Crippen molar-refractivity contribution in [1.29, 1.82) is 0 Å². The van der Waals surface area contributed by atoms with Gasteiger partial charge in [0.1, 0.15) is 23.9 Å². The van der Waals surface area contributed by atoms with Crippen LogP contribution in [-0.4, -0.2) is 64.0 Å². The van der Waals surface area contributed by atoms with Gasteiger partial charge in [-0.15, -0.1) is 0 Å². The highest BCUT2D eigenvalue weighted by Gasteiger charge is 2.45. The molecule has 1 saturated heterocycles. The zero-order valence-electron chi connectivity index (χ0n) is 24.9. The van der Waals surface area contributed by atoms with Gasteiger partial charge in [-0.3, -0.25) is 14.4 Å². The number of hydrogen-bond donors (Lipinski definition) is 2. The first-order chi connectivity index (χ1) is 20.3. The minimum atomic E-state index is -1.14. The molecular formula is C33H38FN3O6. The minimum absolute atomic E-state index is 0.0388. The average Bonchev–Trinajstić information content (AvgIpc) is 2.98. The molecule has 9 nitrogen and oxygen atoms in total. The van der Waals surface area contributed by atoms with Gasteiger partial charge < -0.3 is 30.1 Å². The van der Waals surface area contributed by atoms with Crippen LogP contribution >= 0.6 is 0 Å². The van der Waals surface area contributed by atoms with E-state index in [0.29, 0.717) is 48.5 Å². The first-order valence-corrected chi connectivity index (χ1v) is 14.2. The Morgan fingerprint density at radius 2 is 1.91 bits per heavy atom. The third kappa shape index (κ3) is 6.74. The molecule has 10 heteroatoms. The molecular weight excluding hydrogens is 553 g/mol. The molecule has 2 aromatic rings. The Morgan fingerprint density at radius 3 is 2.53 bits per heavy atom. The number of ether oxygens (including phenoxy) is 2. The van der Waals surface area contributed by atoms with Gasteiger partial charge in [-0.1, -0.05) is 36.9 Å². The number of carboxylic acids is 1. The van der Waals surface area contributed by atoms with Gasteiger partial charge in [0.2, 0.25) is 5.88 Å². The van der Waals surface area contributed by atoms with Gasteiger partial charge in [-0.25, -0.2) is 4.39 Å². The fraction of sp³-hybridized carbons (Fsp3) is 0.364. The number of hydrogen-bond acceptors (Lipinski definition) is 6. The Balaban J connectivity index is 1.49. The van der Waals surface area contributed by atoms with Crippen molar-refractivity contribution in [2.45, 2.75) is 52.2 Å². The number of benzene rings is 2. The summed E-state index contributed by atoms with van der Waals surface area (Å²) >= 11 is 0. The van der Waals surface area contributed by atoms with Crippen LogP contribution < -0.4 is 10.5 Å². The van der Waals surface area contributed by atoms with Crippen molar-refractivity contribution < 1.29 is 33.4 Å². The second-order valence-corrected chi connectivity index (χ2v) is 11.4. The van der Waals surface area contributed by atoms with E-state index in [9.17, 15) is 14.4 Å². The van der Waals surface area contributed by atoms with Crippen LogP contribution in [0.3, 0.4) is 0 Å². The summed E-state index contributed by atoms with van der Waals surface area (Å²) in [5, 5.41) is 9.15. The van der Waals surface area contributed by atoms with Gasteiger partial charge in [0, 0.05) is 24.7 Å². The first-order valence-electron chi connectivity index (χ1n) is 14.2. The van der Waals surface area contributed by atoms with Crippen molar-refractivity contribution in [2.24, 2.45) is 11.7 Å². The lowest BCUT2D eigenvalue weighted by molar-refractivity contribution is -0.155. The Morgan fingerprint density at radius 1 is 1.23 bits per heavy atom. The standard InChI is InChI=1S/C33H38FN3O6/c1-6-20(2)17-27-29(35)43-33(4,5)32(41)37(27)23-13-15-36(16-14-23)30(38)25-12-11-22(18-26(25)34)24-9-7-8-10-28(24)42-19-21(3)31(39)40/h6-12,17-18,21,23H,1,13-16,19,35H2,2-5H3,(H,39,40)/b20-17-/t21-/m0/s1. The lowest BCUT2D eigenvalue weighted by atomic mass is 9.96. The van der Waals surface area contributed by atoms with E-state index >= 15 is 4.39 Å². The molecule has 0 aromatic heterocycles. The van der Waals surface area contributed by atoms with E-state index in [1.54, 1.807) is 73.1 Å². The number of piperidine rings is 1. The third-order valence-corrected chi connectivity index (χ3v) is 7.72. The van der Waals surface area contributed by atoms with Crippen molar-refractivity contribution in [3.05, 3.63) is 89.7 Å². The fourth-order valence-electron chi connectivity index (χ4n) is 5.14. The highest BCUT2D eigenvalue weighted by atomic mass is 19.1. The molecule has 0 unspecified atom stereocenters. The smallest absolute Gasteiger partial charge is 0.309 e. The number of carbonyl (C=O) groups is 3. The van der Waals surface area contributed by atoms with E-state index in [1.807, 2.05) is 6.92 Å². The number of carboxylic acid groups (broad SMARTS) is 1. The van der Waals surface area contributed by atoms with Crippen molar-refractivity contribution in [2.75, 3.05) is 19.7 Å². The van der Waals surface area contributed by atoms with Crippen LogP contribution in [0, 0.1) is 11.7 Å². The molecule has 43 heavy (non-hydrogen) atoms. The number of nitrogens with two attached hydrogens (primary N) is 1. The predicted octanol–water partition coefficient (Wildman–Crippen LogP) is 5.09. The van der Waals surface area contributed by atoms with Gasteiger partial charge in [0.25, 0.3) is 11.8 Å². The lowest BCUT2D eigenvalue weighted by Crippen LogP contribution is -2.57. The molecule has 4 rings (SSSR count). The summed E-state index contributed by atoms with van der Waals surface area (Å²) in [6, 6.07) is 11.1. The Bertz CT molecular complexity index is 1490. The number of nitrogens with zero attached hydrogens (tertiary/aromatic N) is 2. The molecule has 0 saturated carbocycles. The van der Waals surface area contributed by atoms with Crippen LogP contribution in [0.1, 0.15) is 50.9 Å². The van der Waals surface area contributed by atoms with Crippen molar-refractivity contribution >= 4 is 17.8 Å². The summed E-state index contributed by atoms with van der Waals surface area (Å²) in [7, 11) is 0. The number of carbonyl (C=O) groups excluding carboxylic acids is 2. The second kappa shape index (κ2) is 12.7. The molecule has 2 aliphatic heterocycles. The van der Waals surface area contributed by atoms with Crippen LogP contribution in [0.2, 0.25) is 0 Å². The first kappa shape index (κ1) is 31.3. The SMILES string of the molecule is C=C/C(C)=C\C1=C(N)OC(C)(C)C(=O)N1C1CCN(C(=O)c2ccc(-c3ccccc3OC[C@H](C)C(=O)O)cc2F)CC1. The van der Waals surface area contributed by atoms with Crippen molar-refractivity contribution in [3.8, 4) is 16.9 Å². The van der Waals surface area contributed by atoms with Gasteiger partial charge in [0.15, 0.2) is 5.60 Å². The Kier molecular flexibility index (Phi) is 9.27. The van der Waals surface area contributed by atoms with Crippen LogP contribution in [0.15, 0.2) is 78.3 Å². The van der Waals surface area contributed by atoms with E-state index in [2.05, 4.69) is 6.58 Å². The van der Waals surface area contributed by atoms with Crippen LogP contribution in [-0.2, 0) is 14.3 Å². The number of allylic oxidation sites excluding steroid dienone is 3. The van der Waals surface area contributed by atoms with E-state index in [-0.39, 0.29) is 30.0 Å². The maximum Gasteiger partial charge on any atom is 0.309 e. The van der Waals surface area contributed by atoms with Gasteiger partial charge in [-0.05, 0) is 75.9 Å². The molecule has 2 heterocycles. The Labute approximate surface area is 251 Å². The molecule has 1 fully saturated rings. The number of para-hydroxylation sites is 1. The van der Waals surface area contributed by atoms with Crippen molar-refractivity contribution in [1.82, 2.24) is 9.80 Å². The van der Waals surface area contributed by atoms with E-state index in [4.69, 9.17) is 20.3 Å². The molecule has 3 N–H and O–H groups in total. The molecule has 0 aliphatic carbocycles. The normalized spacial score (nSPS) is 18.3. The third-order valence-electron chi connectivity index (χ3n) is 7.72. The van der Waals surface area contributed by atoms with Crippen LogP contribution in [0.4, 0.5) is 4.39 Å². The summed E-state index contributed by atoms with van der Waals surface area (Å²) in [6.45, 7) is 11.1. The van der Waals surface area contributed by atoms with Gasteiger partial charge in [0.05, 0.1) is 11.5 Å². The highest BCUT2D eigenvalue weighted by Crippen LogP contribution is 2.34. The molecule has 2 amide bonds. The zero-order chi connectivity index (χ0) is 31.5. The summed E-state index contributed by atoms with van der Waals surface area (Å²) in [5.74, 6) is -2.46. The van der Waals surface area contributed by atoms with E-state index in [1.165, 1.54) is 12.1 Å². The van der Waals surface area contributed by atoms with Crippen LogP contribution in [0.5, 0.6) is 5.75 Å². The number of rotatable bonds is 9. The molecule has 0 bridgehead atoms. The number of aliphatic carboxylic acids is 1. The summed E-state index contributed by atoms with van der Waals surface area (Å²) in [6.07, 6.45) is 4.38. The largest absolute Gasteiger partial charge is 0.492 e. The van der Waals surface area contributed by atoms with E-state index < -0.39 is 29.2 Å². The maximum atomic E-state index is 15.4. The summed E-state index contributed by atoms with van der Waals surface area (Å²) in [5.41, 5.74) is 7.41. The minimum Gasteiger partial charge on any atom is -0.492 e. The molecule has 0 radical (unpaired) electrons. The fourth-order valence-corrected chi connectivity index (χ4v) is 5.14. The van der Waals surface area contributed by atoms with Crippen molar-refractivity contribution in [3.63, 3.8) is 0 Å². The lowest BCUT2D eigenvalue weighted by Gasteiger charge is -2.45. The monoisotopic (exact) mass is 591 g/mol. The average molecular weight is 592 g/mol. The topological polar surface area (TPSA) is 122 Å². The number of likely N-dealkylation sites (tertiary alicyclic amines) is 1. The van der Waals surface area contributed by atoms with Gasteiger partial charge in [-0.2, -0.15) is 0 Å². The zero-order valence-corrected chi connectivity index (χ0v) is 24.9. The quantitative estimate of drug-likeness (QED) is 0.390. The highest BCUT2D eigenvalue weighted by molar-refractivity contribution is 5.95. The maximum absolute atomic E-state index is 15.4. The Hall–Kier alpha value is -4.60. The van der Waals surface area contributed by atoms with Gasteiger partial charge >= 0.3 is 5.97 Å². The molecule has 2 aromatic carbocycles. The number of amides is 2. The van der Waals surface area contributed by atoms with Crippen LogP contribution in [0.25, 0.3) is 11.1 Å². The number of halogens is 1. The summed E-state index contributed by atoms with van der Waals surface area (Å²) < 4.78 is 26.8. The summed E-state index contributed by atoms with van der Waals surface area (Å²) in [4.78, 5) is 41.2. The molecule has 0 spiro atoms. The second-order valence-electron chi connectivity index (χ2n) is 11.4. The van der Waals surface area contributed by atoms with E-state index in [0.717, 1.165) is 5.57 Å². The molecule has 2 aliphatic rings. The molecule has 228 valence electrons. The predicted molar refractivity (Wildman–Crippen MR) is 160 cm³/mol.